The number of anilines is 1. The van der Waals surface area contributed by atoms with Gasteiger partial charge in [-0.2, -0.15) is 0 Å². The van der Waals surface area contributed by atoms with Gasteiger partial charge in [-0.1, -0.05) is 103 Å². The molecule has 1 aromatic heterocycles. The second kappa shape index (κ2) is 11.2. The Morgan fingerprint density at radius 2 is 1.41 bits per heavy atom. The molecule has 4 aromatic carbocycles. The lowest BCUT2D eigenvalue weighted by molar-refractivity contribution is 0.315. The Hall–Kier alpha value is -6.68. The van der Waals surface area contributed by atoms with Gasteiger partial charge >= 0.3 is 0 Å². The zero-order valence-electron chi connectivity index (χ0n) is 26.5. The molecule has 0 saturated carbocycles. The SMILES string of the molecule is CC1(C)c2ccccc2-c2cccc(-c3ccc(N(C4=CC=C/C(=N/O)C4=N)C4=CC=C(c5ccccc5)C(=N)/C4=N\O)c4nonc34)c21. The molecular weight excluding hydrogens is 614 g/mol. The van der Waals surface area contributed by atoms with E-state index in [9.17, 15) is 10.4 Å². The largest absolute Gasteiger partial charge is 0.410 e. The quantitative estimate of drug-likeness (QED) is 0.0861. The third kappa shape index (κ3) is 4.41. The maximum atomic E-state index is 10.4. The molecule has 5 aromatic rings. The summed E-state index contributed by atoms with van der Waals surface area (Å²) in [5.41, 5.74) is 9.46. The fraction of sp³-hybridized carbons (Fsp3) is 0.0769. The van der Waals surface area contributed by atoms with Crippen LogP contribution in [0.5, 0.6) is 0 Å². The standard InChI is InChI=1S/C39H29N7O3/c1-39(2)28-15-7-6-12-24(28)25-13-8-14-26(33(25)39)27-19-21-32(38-36(27)44-49-45-38)46(30-17-9-16-29(42-47)35(30)41)31-20-18-23(34(40)37(31)43-48)22-10-4-3-5-11-22/h3-21,40-41,47-48H,1-2H3/b40-34?,41-35?,42-29-,43-37-. The molecule has 4 N–H and O–H groups in total. The van der Waals surface area contributed by atoms with Gasteiger partial charge in [0.2, 0.25) is 0 Å². The molecule has 3 aliphatic carbocycles. The maximum absolute atomic E-state index is 10.4. The van der Waals surface area contributed by atoms with Crippen LogP contribution in [-0.4, -0.2) is 43.6 Å². The van der Waals surface area contributed by atoms with Gasteiger partial charge in [-0.25, -0.2) is 4.63 Å². The number of fused-ring (bicyclic) bond motifs is 4. The van der Waals surface area contributed by atoms with E-state index in [-0.39, 0.29) is 28.3 Å². The van der Waals surface area contributed by atoms with Crippen molar-refractivity contribution in [3.63, 3.8) is 0 Å². The van der Waals surface area contributed by atoms with Crippen molar-refractivity contribution < 1.29 is 15.0 Å². The van der Waals surface area contributed by atoms with Crippen LogP contribution in [0, 0.1) is 10.8 Å². The fourth-order valence-corrected chi connectivity index (χ4v) is 7.23. The average Bonchev–Trinajstić information content (AvgIpc) is 3.71. The number of rotatable bonds is 5. The summed E-state index contributed by atoms with van der Waals surface area (Å²) in [5, 5.41) is 53.8. The fourth-order valence-electron chi connectivity index (χ4n) is 7.23. The van der Waals surface area contributed by atoms with Gasteiger partial charge in [0.15, 0.2) is 11.2 Å². The van der Waals surface area contributed by atoms with Crippen LogP contribution >= 0.6 is 0 Å². The van der Waals surface area contributed by atoms with Gasteiger partial charge in [0.05, 0.1) is 22.8 Å². The summed E-state index contributed by atoms with van der Waals surface area (Å²) < 4.78 is 5.41. The number of benzene rings is 4. The number of aromatic nitrogens is 2. The molecule has 1 heterocycles. The molecule has 0 fully saturated rings. The second-order valence-electron chi connectivity index (χ2n) is 12.4. The summed E-state index contributed by atoms with van der Waals surface area (Å²) >= 11 is 0. The van der Waals surface area contributed by atoms with Crippen molar-refractivity contribution in [1.29, 1.82) is 10.8 Å². The van der Waals surface area contributed by atoms with Crippen molar-refractivity contribution >= 4 is 45.1 Å². The highest BCUT2D eigenvalue weighted by molar-refractivity contribution is 6.63. The molecular formula is C39H29N7O3. The van der Waals surface area contributed by atoms with Crippen molar-refractivity contribution in [3.8, 4) is 22.3 Å². The van der Waals surface area contributed by atoms with Crippen LogP contribution in [0.2, 0.25) is 0 Å². The molecule has 0 atom stereocenters. The Balaban J connectivity index is 1.35. The minimum atomic E-state index is -0.284. The Labute approximate surface area is 281 Å². The van der Waals surface area contributed by atoms with E-state index in [2.05, 4.69) is 70.9 Å². The lowest BCUT2D eigenvalue weighted by Gasteiger charge is -2.33. The van der Waals surface area contributed by atoms with Crippen molar-refractivity contribution in [2.24, 2.45) is 10.3 Å². The van der Waals surface area contributed by atoms with Crippen LogP contribution < -0.4 is 4.90 Å². The predicted octanol–water partition coefficient (Wildman–Crippen LogP) is 8.14. The number of nitrogens with one attached hydrogen (secondary N) is 2. The number of hydrogen-bond donors (Lipinski definition) is 4. The van der Waals surface area contributed by atoms with Crippen molar-refractivity contribution in [2.75, 3.05) is 4.90 Å². The number of allylic oxidation sites excluding steroid dienone is 8. The summed E-state index contributed by atoms with van der Waals surface area (Å²) in [7, 11) is 0. The zero-order chi connectivity index (χ0) is 33.9. The third-order valence-electron chi connectivity index (χ3n) is 9.46. The smallest absolute Gasteiger partial charge is 0.159 e. The molecule has 3 aliphatic rings. The molecule has 0 saturated heterocycles. The molecule has 8 rings (SSSR count). The lowest BCUT2D eigenvalue weighted by Crippen LogP contribution is -2.37. The highest BCUT2D eigenvalue weighted by Crippen LogP contribution is 2.53. The van der Waals surface area contributed by atoms with Gasteiger partial charge < -0.3 is 15.3 Å². The maximum Gasteiger partial charge on any atom is 0.159 e. The van der Waals surface area contributed by atoms with E-state index in [0.29, 0.717) is 33.7 Å². The minimum absolute atomic E-state index is 0.0153. The first-order valence-corrected chi connectivity index (χ1v) is 15.6. The van der Waals surface area contributed by atoms with Gasteiger partial charge in [-0.05, 0) is 80.1 Å². The summed E-state index contributed by atoms with van der Waals surface area (Å²) in [6.07, 6.45) is 8.36. The Kier molecular flexibility index (Phi) is 6.81. The van der Waals surface area contributed by atoms with E-state index < -0.39 is 0 Å². The van der Waals surface area contributed by atoms with Crippen LogP contribution in [-0.2, 0) is 5.41 Å². The van der Waals surface area contributed by atoms with Gasteiger partial charge in [-0.3, -0.25) is 10.8 Å². The number of hydrogen-bond acceptors (Lipinski definition) is 10. The normalized spacial score (nSPS) is 18.0. The molecule has 0 radical (unpaired) electrons. The van der Waals surface area contributed by atoms with E-state index in [1.807, 2.05) is 48.5 Å². The van der Waals surface area contributed by atoms with Gasteiger partial charge in [0.1, 0.15) is 16.9 Å². The van der Waals surface area contributed by atoms with E-state index in [0.717, 1.165) is 22.3 Å². The lowest BCUT2D eigenvalue weighted by atomic mass is 9.78. The highest BCUT2D eigenvalue weighted by atomic mass is 16.6. The van der Waals surface area contributed by atoms with Crippen molar-refractivity contribution in [1.82, 2.24) is 10.3 Å². The molecule has 0 spiro atoms. The Morgan fingerprint density at radius 3 is 2.18 bits per heavy atom. The molecule has 238 valence electrons. The molecule has 0 unspecified atom stereocenters. The van der Waals surface area contributed by atoms with Crippen LogP contribution in [0.15, 0.2) is 142 Å². The second-order valence-corrected chi connectivity index (χ2v) is 12.4. The van der Waals surface area contributed by atoms with E-state index in [1.165, 1.54) is 22.8 Å². The van der Waals surface area contributed by atoms with Crippen LogP contribution in [0.3, 0.4) is 0 Å². The molecule has 10 nitrogen and oxygen atoms in total. The van der Waals surface area contributed by atoms with Crippen molar-refractivity contribution in [3.05, 3.63) is 143 Å². The Morgan fingerprint density at radius 1 is 0.694 bits per heavy atom. The first-order valence-electron chi connectivity index (χ1n) is 15.6. The van der Waals surface area contributed by atoms with E-state index in [1.54, 1.807) is 29.2 Å². The monoisotopic (exact) mass is 643 g/mol. The summed E-state index contributed by atoms with van der Waals surface area (Å²) in [4.78, 5) is 1.66. The van der Waals surface area contributed by atoms with E-state index >= 15 is 0 Å². The van der Waals surface area contributed by atoms with Crippen LogP contribution in [0.1, 0.15) is 30.5 Å². The van der Waals surface area contributed by atoms with E-state index in [4.69, 9.17) is 15.4 Å². The van der Waals surface area contributed by atoms with Gasteiger partial charge in [0.25, 0.3) is 0 Å². The van der Waals surface area contributed by atoms with Gasteiger partial charge in [-0.15, -0.1) is 0 Å². The highest BCUT2D eigenvalue weighted by Gasteiger charge is 2.38. The molecule has 49 heavy (non-hydrogen) atoms. The molecule has 0 amide bonds. The molecule has 0 bridgehead atoms. The van der Waals surface area contributed by atoms with Crippen LogP contribution in [0.4, 0.5) is 5.69 Å². The van der Waals surface area contributed by atoms with Gasteiger partial charge in [0, 0.05) is 16.6 Å². The zero-order valence-corrected chi connectivity index (χ0v) is 26.5. The first kappa shape index (κ1) is 29.7. The van der Waals surface area contributed by atoms with Crippen LogP contribution in [0.25, 0.3) is 38.9 Å². The average molecular weight is 644 g/mol. The summed E-state index contributed by atoms with van der Waals surface area (Å²) in [5.74, 6) is 0. The van der Waals surface area contributed by atoms with Crippen molar-refractivity contribution in [2.45, 2.75) is 19.3 Å². The first-order chi connectivity index (χ1) is 23.8. The molecule has 0 aliphatic heterocycles. The Bertz CT molecular complexity index is 2430. The number of nitrogens with zero attached hydrogens (tertiary/aromatic N) is 5. The molecule has 10 heteroatoms. The topological polar surface area (TPSA) is 155 Å². The minimum Gasteiger partial charge on any atom is -0.410 e. The predicted molar refractivity (Wildman–Crippen MR) is 191 cm³/mol. The third-order valence-corrected chi connectivity index (χ3v) is 9.46. The summed E-state index contributed by atoms with van der Waals surface area (Å²) in [6.45, 7) is 4.45. The number of oxime groups is 2. The summed E-state index contributed by atoms with van der Waals surface area (Å²) in [6, 6.07) is 27.9.